The molecule has 1 N–H and O–H groups in total. The molecule has 1 heterocycles. The minimum Gasteiger partial charge on any atom is -0.481 e. The summed E-state index contributed by atoms with van der Waals surface area (Å²) in [5, 5.41) is 9.79. The lowest BCUT2D eigenvalue weighted by atomic mass is 9.91. The van der Waals surface area contributed by atoms with Crippen molar-refractivity contribution < 1.29 is 14.3 Å². The van der Waals surface area contributed by atoms with Crippen molar-refractivity contribution in [3.63, 3.8) is 0 Å². The van der Waals surface area contributed by atoms with E-state index >= 15 is 0 Å². The van der Waals surface area contributed by atoms with E-state index in [1.807, 2.05) is 39.8 Å². The predicted molar refractivity (Wildman–Crippen MR) is 81.7 cm³/mol. The number of rotatable bonds is 5. The Labute approximate surface area is 126 Å². The number of carboxylic acids is 1. The zero-order valence-electron chi connectivity index (χ0n) is 13.1. The Morgan fingerprint density at radius 2 is 2.05 bits per heavy atom. The van der Waals surface area contributed by atoms with Crippen LogP contribution >= 0.6 is 0 Å². The molecule has 0 radical (unpaired) electrons. The normalized spacial score (nSPS) is 26.0. The molecule has 0 bridgehead atoms. The lowest BCUT2D eigenvalue weighted by Crippen LogP contribution is -2.24. The van der Waals surface area contributed by atoms with Gasteiger partial charge in [-0.15, -0.1) is 6.42 Å². The molecule has 1 aromatic rings. The topological polar surface area (TPSA) is 50.4 Å². The lowest BCUT2D eigenvalue weighted by Gasteiger charge is -2.13. The third-order valence-electron chi connectivity index (χ3n) is 4.70. The van der Waals surface area contributed by atoms with Crippen LogP contribution in [0.1, 0.15) is 39.2 Å². The third-order valence-corrected chi connectivity index (χ3v) is 4.70. The van der Waals surface area contributed by atoms with Crippen LogP contribution in [0.5, 0.6) is 0 Å². The van der Waals surface area contributed by atoms with Gasteiger partial charge < -0.3 is 9.52 Å². The Balaban J connectivity index is 2.31. The average Bonchev–Trinajstić information content (AvgIpc) is 2.72. The quantitative estimate of drug-likeness (QED) is 0.663. The van der Waals surface area contributed by atoms with Gasteiger partial charge in [0.15, 0.2) is 0 Å². The van der Waals surface area contributed by atoms with Gasteiger partial charge >= 0.3 is 5.97 Å². The van der Waals surface area contributed by atoms with Crippen molar-refractivity contribution in [2.24, 2.45) is 16.7 Å². The number of hydrogen-bond acceptors (Lipinski definition) is 2. The van der Waals surface area contributed by atoms with Crippen molar-refractivity contribution in [1.82, 2.24) is 0 Å². The van der Waals surface area contributed by atoms with E-state index in [0.29, 0.717) is 24.4 Å². The van der Waals surface area contributed by atoms with Crippen molar-refractivity contribution in [3.05, 3.63) is 35.3 Å². The molecular weight excluding hydrogens is 264 g/mol. The average molecular weight is 286 g/mol. The van der Waals surface area contributed by atoms with Crippen LogP contribution in [0.25, 0.3) is 0 Å². The highest BCUT2D eigenvalue weighted by molar-refractivity contribution is 5.82. The fourth-order valence-corrected chi connectivity index (χ4v) is 3.39. The summed E-state index contributed by atoms with van der Waals surface area (Å²) >= 11 is 0. The maximum absolute atomic E-state index is 11.9. The summed E-state index contributed by atoms with van der Waals surface area (Å²) in [7, 11) is 0. The van der Waals surface area contributed by atoms with Crippen molar-refractivity contribution >= 4 is 5.97 Å². The van der Waals surface area contributed by atoms with Crippen LogP contribution in [-0.2, 0) is 17.6 Å². The van der Waals surface area contributed by atoms with Crippen LogP contribution in [0, 0.1) is 29.1 Å². The first-order chi connectivity index (χ1) is 9.75. The van der Waals surface area contributed by atoms with Gasteiger partial charge in [-0.1, -0.05) is 31.4 Å². The van der Waals surface area contributed by atoms with Gasteiger partial charge in [0.2, 0.25) is 0 Å². The van der Waals surface area contributed by atoms with Gasteiger partial charge in [-0.25, -0.2) is 0 Å². The predicted octanol–water partition coefficient (Wildman–Crippen LogP) is 3.69. The number of carboxylic acid groups (broad SMARTS) is 1. The first kappa shape index (κ1) is 15.4. The number of terminal acetylenes is 1. The van der Waals surface area contributed by atoms with E-state index in [2.05, 4.69) is 12.0 Å². The SMILES string of the molecule is C#CCc1ccc(CC2(C(=O)O)C(C=C(C)C)C2(C)C)o1. The molecule has 2 unspecified atom stereocenters. The smallest absolute Gasteiger partial charge is 0.311 e. The van der Waals surface area contributed by atoms with Crippen LogP contribution < -0.4 is 0 Å². The summed E-state index contributed by atoms with van der Waals surface area (Å²) < 4.78 is 5.67. The Kier molecular flexibility index (Phi) is 3.76. The van der Waals surface area contributed by atoms with Gasteiger partial charge in [-0.3, -0.25) is 4.79 Å². The van der Waals surface area contributed by atoms with Crippen molar-refractivity contribution in [2.45, 2.75) is 40.5 Å². The Bertz CT molecular complexity index is 623. The second-order valence-electron chi connectivity index (χ2n) is 6.65. The van der Waals surface area contributed by atoms with Crippen molar-refractivity contribution in [2.75, 3.05) is 0 Å². The minimum atomic E-state index is -0.796. The van der Waals surface area contributed by atoms with Crippen molar-refractivity contribution in [1.29, 1.82) is 0 Å². The molecule has 1 aliphatic carbocycles. The molecule has 3 heteroatoms. The summed E-state index contributed by atoms with van der Waals surface area (Å²) in [5.74, 6) is 3.20. The van der Waals surface area contributed by atoms with Gasteiger partial charge in [0.1, 0.15) is 11.5 Å². The first-order valence-corrected chi connectivity index (χ1v) is 7.15. The summed E-state index contributed by atoms with van der Waals surface area (Å²) in [6.45, 7) is 8.02. The molecular formula is C18H22O3. The molecule has 2 rings (SSSR count). The Morgan fingerprint density at radius 1 is 1.43 bits per heavy atom. The second kappa shape index (κ2) is 5.11. The highest BCUT2D eigenvalue weighted by atomic mass is 16.4. The van der Waals surface area contributed by atoms with Crippen molar-refractivity contribution in [3.8, 4) is 12.3 Å². The molecule has 112 valence electrons. The standard InChI is InChI=1S/C18H22O3/c1-6-7-13-8-9-14(21-13)11-18(16(19)20)15(10-12(2)3)17(18,4)5/h1,8-10,15H,7,11H2,2-5H3,(H,19,20). The molecule has 0 aromatic carbocycles. The van der Waals surface area contributed by atoms with Gasteiger partial charge in [0, 0.05) is 12.3 Å². The van der Waals surface area contributed by atoms with E-state index in [0.717, 1.165) is 5.57 Å². The lowest BCUT2D eigenvalue weighted by molar-refractivity contribution is -0.145. The molecule has 1 fully saturated rings. The summed E-state index contributed by atoms with van der Waals surface area (Å²) in [4.78, 5) is 11.9. The Hall–Kier alpha value is -1.95. The number of carbonyl (C=O) groups is 1. The fourth-order valence-electron chi connectivity index (χ4n) is 3.39. The van der Waals surface area contributed by atoms with Crippen LogP contribution in [-0.4, -0.2) is 11.1 Å². The maximum atomic E-state index is 11.9. The van der Waals surface area contributed by atoms with E-state index in [-0.39, 0.29) is 11.3 Å². The second-order valence-corrected chi connectivity index (χ2v) is 6.65. The number of allylic oxidation sites excluding steroid dienone is 2. The summed E-state index contributed by atoms with van der Waals surface area (Å²) in [5.41, 5.74) is 0.0636. The molecule has 1 saturated carbocycles. The first-order valence-electron chi connectivity index (χ1n) is 7.15. The molecule has 1 aromatic heterocycles. The zero-order chi connectivity index (χ0) is 15.8. The zero-order valence-corrected chi connectivity index (χ0v) is 13.1. The molecule has 3 nitrogen and oxygen atoms in total. The molecule has 1 aliphatic rings. The van der Waals surface area contributed by atoms with Crippen LogP contribution in [0.3, 0.4) is 0 Å². The summed E-state index contributed by atoms with van der Waals surface area (Å²) in [6, 6.07) is 3.67. The van der Waals surface area contributed by atoms with Crippen LogP contribution in [0.4, 0.5) is 0 Å². The molecule has 0 saturated heterocycles. The molecule has 21 heavy (non-hydrogen) atoms. The number of furan rings is 1. The van der Waals surface area contributed by atoms with Gasteiger partial charge in [-0.05, 0) is 31.4 Å². The van der Waals surface area contributed by atoms with E-state index in [9.17, 15) is 9.90 Å². The highest BCUT2D eigenvalue weighted by Crippen LogP contribution is 2.71. The minimum absolute atomic E-state index is 0.0219. The molecule has 0 aliphatic heterocycles. The van der Waals surface area contributed by atoms with E-state index in [1.54, 1.807) is 0 Å². The molecule has 0 spiro atoms. The fraction of sp³-hybridized carbons (Fsp3) is 0.500. The third kappa shape index (κ3) is 2.40. The van der Waals surface area contributed by atoms with E-state index < -0.39 is 11.4 Å². The monoisotopic (exact) mass is 286 g/mol. The van der Waals surface area contributed by atoms with Crippen LogP contribution in [0.2, 0.25) is 0 Å². The molecule has 0 amide bonds. The van der Waals surface area contributed by atoms with E-state index in [1.165, 1.54) is 0 Å². The number of aliphatic carboxylic acids is 1. The van der Waals surface area contributed by atoms with Gasteiger partial charge in [-0.2, -0.15) is 0 Å². The number of hydrogen-bond donors (Lipinski definition) is 1. The maximum Gasteiger partial charge on any atom is 0.311 e. The summed E-state index contributed by atoms with van der Waals surface area (Å²) in [6.07, 6.45) is 8.16. The van der Waals surface area contributed by atoms with E-state index in [4.69, 9.17) is 10.8 Å². The van der Waals surface area contributed by atoms with Crippen LogP contribution in [0.15, 0.2) is 28.2 Å². The van der Waals surface area contributed by atoms with Gasteiger partial charge in [0.05, 0.1) is 11.8 Å². The molecule has 2 atom stereocenters. The Morgan fingerprint density at radius 3 is 2.57 bits per heavy atom. The largest absolute Gasteiger partial charge is 0.481 e. The highest BCUT2D eigenvalue weighted by Gasteiger charge is 2.74. The van der Waals surface area contributed by atoms with Gasteiger partial charge in [0.25, 0.3) is 0 Å².